The van der Waals surface area contributed by atoms with Gasteiger partial charge in [-0.05, 0) is 23.8 Å². The fraction of sp³-hybridized carbons (Fsp3) is 0.333. The lowest BCUT2D eigenvalue weighted by Crippen LogP contribution is -2.27. The predicted octanol–water partition coefficient (Wildman–Crippen LogP) is 1.78. The zero-order valence-corrected chi connectivity index (χ0v) is 8.57. The van der Waals surface area contributed by atoms with E-state index in [1.807, 2.05) is 12.1 Å². The molecule has 0 aliphatic carbocycles. The minimum Gasteiger partial charge on any atom is -0.469 e. The minimum atomic E-state index is 0.896. The summed E-state index contributed by atoms with van der Waals surface area (Å²) in [4.78, 5) is 0. The van der Waals surface area contributed by atoms with Crippen LogP contribution in [0.3, 0.4) is 0 Å². The SMILES string of the molecule is c1coc(Cc2cc3n(c2)CCNC3)c1. The molecule has 1 aliphatic heterocycles. The van der Waals surface area contributed by atoms with E-state index in [4.69, 9.17) is 4.42 Å². The van der Waals surface area contributed by atoms with Crippen molar-refractivity contribution in [2.75, 3.05) is 6.54 Å². The fourth-order valence-electron chi connectivity index (χ4n) is 2.10. The van der Waals surface area contributed by atoms with E-state index in [2.05, 4.69) is 22.1 Å². The molecule has 0 spiro atoms. The molecule has 3 heterocycles. The van der Waals surface area contributed by atoms with E-state index < -0.39 is 0 Å². The van der Waals surface area contributed by atoms with Gasteiger partial charge in [-0.1, -0.05) is 0 Å². The topological polar surface area (TPSA) is 30.1 Å². The van der Waals surface area contributed by atoms with Crippen LogP contribution >= 0.6 is 0 Å². The van der Waals surface area contributed by atoms with Crippen molar-refractivity contribution >= 4 is 0 Å². The summed E-state index contributed by atoms with van der Waals surface area (Å²) in [5, 5.41) is 3.37. The summed E-state index contributed by atoms with van der Waals surface area (Å²) in [5.74, 6) is 1.03. The lowest BCUT2D eigenvalue weighted by molar-refractivity contribution is 0.514. The second-order valence-electron chi connectivity index (χ2n) is 3.97. The van der Waals surface area contributed by atoms with Crippen molar-refractivity contribution in [2.45, 2.75) is 19.5 Å². The van der Waals surface area contributed by atoms with Crippen molar-refractivity contribution in [1.29, 1.82) is 0 Å². The van der Waals surface area contributed by atoms with Gasteiger partial charge in [0.05, 0.1) is 6.26 Å². The van der Waals surface area contributed by atoms with Gasteiger partial charge in [-0.3, -0.25) is 0 Å². The van der Waals surface area contributed by atoms with Crippen molar-refractivity contribution < 1.29 is 4.42 Å². The van der Waals surface area contributed by atoms with Crippen molar-refractivity contribution in [3.05, 3.63) is 47.7 Å². The number of fused-ring (bicyclic) bond motifs is 1. The Hall–Kier alpha value is -1.48. The standard InChI is InChI=1S/C12H14N2O/c1-2-12(15-5-1)7-10-6-11-8-13-3-4-14(11)9-10/h1-2,5-6,9,13H,3-4,7-8H2. The Morgan fingerprint density at radius 3 is 3.27 bits per heavy atom. The molecule has 0 aromatic carbocycles. The number of nitrogens with zero attached hydrogens (tertiary/aromatic N) is 1. The molecule has 0 atom stereocenters. The first-order valence-electron chi connectivity index (χ1n) is 5.33. The van der Waals surface area contributed by atoms with Gasteiger partial charge in [-0.2, -0.15) is 0 Å². The summed E-state index contributed by atoms with van der Waals surface area (Å²) < 4.78 is 7.67. The Bertz CT molecular complexity index is 419. The smallest absolute Gasteiger partial charge is 0.108 e. The van der Waals surface area contributed by atoms with E-state index in [9.17, 15) is 0 Å². The molecular formula is C12H14N2O. The Morgan fingerprint density at radius 1 is 1.47 bits per heavy atom. The van der Waals surface area contributed by atoms with Crippen molar-refractivity contribution in [3.63, 3.8) is 0 Å². The summed E-state index contributed by atoms with van der Waals surface area (Å²) in [6, 6.07) is 6.22. The molecule has 0 radical (unpaired) electrons. The van der Waals surface area contributed by atoms with Crippen LogP contribution in [-0.2, 0) is 19.5 Å². The van der Waals surface area contributed by atoms with Crippen LogP contribution in [0.4, 0.5) is 0 Å². The van der Waals surface area contributed by atoms with Gasteiger partial charge in [0.1, 0.15) is 5.76 Å². The first kappa shape index (κ1) is 8.80. The zero-order chi connectivity index (χ0) is 10.1. The van der Waals surface area contributed by atoms with Crippen molar-refractivity contribution in [1.82, 2.24) is 9.88 Å². The van der Waals surface area contributed by atoms with Gasteiger partial charge in [-0.15, -0.1) is 0 Å². The molecule has 1 aliphatic rings. The molecule has 15 heavy (non-hydrogen) atoms. The fourth-order valence-corrected chi connectivity index (χ4v) is 2.10. The first-order chi connectivity index (χ1) is 7.42. The van der Waals surface area contributed by atoms with Crippen LogP contribution in [0.2, 0.25) is 0 Å². The highest BCUT2D eigenvalue weighted by Gasteiger charge is 2.10. The van der Waals surface area contributed by atoms with Crippen LogP contribution in [0.25, 0.3) is 0 Å². The van der Waals surface area contributed by atoms with Gasteiger partial charge < -0.3 is 14.3 Å². The normalized spacial score (nSPS) is 15.2. The van der Waals surface area contributed by atoms with Crippen LogP contribution in [-0.4, -0.2) is 11.1 Å². The largest absolute Gasteiger partial charge is 0.469 e. The van der Waals surface area contributed by atoms with Crippen LogP contribution in [0.1, 0.15) is 17.0 Å². The molecule has 2 aromatic heterocycles. The number of hydrogen-bond acceptors (Lipinski definition) is 2. The number of furan rings is 1. The molecule has 0 unspecified atom stereocenters. The molecule has 0 saturated carbocycles. The lowest BCUT2D eigenvalue weighted by atomic mass is 10.2. The molecule has 0 saturated heterocycles. The van der Waals surface area contributed by atoms with E-state index in [1.54, 1.807) is 6.26 Å². The summed E-state index contributed by atoms with van der Waals surface area (Å²) in [7, 11) is 0. The summed E-state index contributed by atoms with van der Waals surface area (Å²) >= 11 is 0. The monoisotopic (exact) mass is 202 g/mol. The second kappa shape index (κ2) is 3.59. The summed E-state index contributed by atoms with van der Waals surface area (Å²) in [6.45, 7) is 3.13. The zero-order valence-electron chi connectivity index (χ0n) is 8.57. The molecule has 0 fully saturated rings. The van der Waals surface area contributed by atoms with Gasteiger partial charge in [0.2, 0.25) is 0 Å². The molecule has 2 aromatic rings. The Morgan fingerprint density at radius 2 is 2.47 bits per heavy atom. The lowest BCUT2D eigenvalue weighted by Gasteiger charge is -2.15. The third-order valence-electron chi connectivity index (χ3n) is 2.84. The molecule has 3 nitrogen and oxygen atoms in total. The third kappa shape index (κ3) is 1.70. The van der Waals surface area contributed by atoms with Gasteiger partial charge in [0.15, 0.2) is 0 Å². The van der Waals surface area contributed by atoms with Gasteiger partial charge >= 0.3 is 0 Å². The number of aromatic nitrogens is 1. The quantitative estimate of drug-likeness (QED) is 0.804. The average molecular weight is 202 g/mol. The highest BCUT2D eigenvalue weighted by molar-refractivity contribution is 5.24. The van der Waals surface area contributed by atoms with Crippen LogP contribution in [0.15, 0.2) is 35.1 Å². The average Bonchev–Trinajstić information content (AvgIpc) is 2.86. The van der Waals surface area contributed by atoms with Crippen LogP contribution in [0, 0.1) is 0 Å². The predicted molar refractivity (Wildman–Crippen MR) is 57.7 cm³/mol. The maximum atomic E-state index is 5.34. The number of nitrogens with one attached hydrogen (secondary N) is 1. The van der Waals surface area contributed by atoms with E-state index in [-0.39, 0.29) is 0 Å². The summed E-state index contributed by atoms with van der Waals surface area (Å²) in [5.41, 5.74) is 2.71. The molecule has 3 heteroatoms. The van der Waals surface area contributed by atoms with E-state index in [1.165, 1.54) is 11.3 Å². The highest BCUT2D eigenvalue weighted by atomic mass is 16.3. The van der Waals surface area contributed by atoms with E-state index in [0.29, 0.717) is 0 Å². The Labute approximate surface area is 88.7 Å². The van der Waals surface area contributed by atoms with Crippen LogP contribution < -0.4 is 5.32 Å². The molecule has 0 amide bonds. The molecule has 0 bridgehead atoms. The molecular weight excluding hydrogens is 188 g/mol. The van der Waals surface area contributed by atoms with E-state index in [0.717, 1.165) is 31.8 Å². The minimum absolute atomic E-state index is 0.896. The molecule has 78 valence electrons. The van der Waals surface area contributed by atoms with Gasteiger partial charge in [-0.25, -0.2) is 0 Å². The third-order valence-corrected chi connectivity index (χ3v) is 2.84. The second-order valence-corrected chi connectivity index (χ2v) is 3.97. The van der Waals surface area contributed by atoms with Crippen LogP contribution in [0.5, 0.6) is 0 Å². The number of hydrogen-bond donors (Lipinski definition) is 1. The maximum absolute atomic E-state index is 5.34. The highest BCUT2D eigenvalue weighted by Crippen LogP contribution is 2.15. The summed E-state index contributed by atoms with van der Waals surface area (Å²) in [6.07, 6.45) is 4.86. The Kier molecular flexibility index (Phi) is 2.10. The van der Waals surface area contributed by atoms with E-state index >= 15 is 0 Å². The maximum Gasteiger partial charge on any atom is 0.108 e. The van der Waals surface area contributed by atoms with Gasteiger partial charge in [0, 0.05) is 37.9 Å². The molecule has 3 rings (SSSR count). The van der Waals surface area contributed by atoms with Crippen molar-refractivity contribution in [3.8, 4) is 0 Å². The first-order valence-corrected chi connectivity index (χ1v) is 5.33. The Balaban J connectivity index is 1.84. The van der Waals surface area contributed by atoms with Crippen molar-refractivity contribution in [2.24, 2.45) is 0 Å². The molecule has 1 N–H and O–H groups in total. The number of rotatable bonds is 2. The van der Waals surface area contributed by atoms with Gasteiger partial charge in [0.25, 0.3) is 0 Å².